The molecule has 0 radical (unpaired) electrons. The summed E-state index contributed by atoms with van der Waals surface area (Å²) in [4.78, 5) is 0. The fraction of sp³-hybridized carbons (Fsp3) is 0.647. The molecule has 2 aliphatic rings. The van der Waals surface area contributed by atoms with Crippen molar-refractivity contribution in [3.8, 4) is 0 Å². The minimum atomic E-state index is 0.215. The average molecular weight is 279 g/mol. The van der Waals surface area contributed by atoms with E-state index in [1.807, 2.05) is 0 Å². The maximum atomic E-state index is 6.74. The number of ether oxygens (including phenoxy) is 1. The molecule has 2 aliphatic carbocycles. The molecule has 1 nitrogen and oxygen atoms in total. The Morgan fingerprint density at radius 3 is 2.58 bits per heavy atom. The quantitative estimate of drug-likeness (QED) is 0.716. The summed E-state index contributed by atoms with van der Waals surface area (Å²) >= 11 is 6.74. The van der Waals surface area contributed by atoms with Gasteiger partial charge in [0.15, 0.2) is 0 Å². The normalized spacial score (nSPS) is 30.7. The van der Waals surface area contributed by atoms with Crippen LogP contribution in [0.4, 0.5) is 0 Å². The van der Waals surface area contributed by atoms with Crippen molar-refractivity contribution in [3.05, 3.63) is 35.4 Å². The summed E-state index contributed by atoms with van der Waals surface area (Å²) in [6.45, 7) is 0.788. The fourth-order valence-electron chi connectivity index (χ4n) is 3.99. The van der Waals surface area contributed by atoms with Crippen molar-refractivity contribution in [1.29, 1.82) is 0 Å². The van der Waals surface area contributed by atoms with E-state index in [9.17, 15) is 0 Å². The Morgan fingerprint density at radius 2 is 2.00 bits per heavy atom. The van der Waals surface area contributed by atoms with Gasteiger partial charge in [0.1, 0.15) is 0 Å². The third-order valence-electron chi connectivity index (χ3n) is 5.06. The molecule has 104 valence electrons. The molecule has 0 aliphatic heterocycles. The smallest absolute Gasteiger partial charge is 0.0616 e. The van der Waals surface area contributed by atoms with Gasteiger partial charge in [-0.05, 0) is 54.6 Å². The van der Waals surface area contributed by atoms with Gasteiger partial charge in [-0.25, -0.2) is 0 Å². The molecule has 2 heteroatoms. The van der Waals surface area contributed by atoms with Crippen molar-refractivity contribution in [2.24, 2.45) is 17.8 Å². The Morgan fingerprint density at radius 1 is 1.21 bits per heavy atom. The van der Waals surface area contributed by atoms with E-state index in [1.54, 1.807) is 7.11 Å². The third-order valence-corrected chi connectivity index (χ3v) is 5.64. The third kappa shape index (κ3) is 2.83. The Kier molecular flexibility index (Phi) is 4.14. The molecule has 0 heterocycles. The molecule has 2 fully saturated rings. The number of rotatable bonds is 5. The van der Waals surface area contributed by atoms with Crippen LogP contribution in [0.25, 0.3) is 0 Å². The first-order valence-electron chi connectivity index (χ1n) is 7.49. The van der Waals surface area contributed by atoms with Crippen LogP contribution in [-0.2, 0) is 11.2 Å². The summed E-state index contributed by atoms with van der Waals surface area (Å²) in [5, 5.41) is 0.215. The van der Waals surface area contributed by atoms with E-state index in [1.165, 1.54) is 36.8 Å². The zero-order chi connectivity index (χ0) is 13.2. The lowest BCUT2D eigenvalue weighted by Crippen LogP contribution is -2.15. The standard InChI is InChI=1S/C17H23ClO/c1-19-9-8-12-2-5-14(6-3-12)17(18)16-11-13-4-7-15(16)10-13/h2-3,5-6,13,15-17H,4,7-11H2,1H3. The highest BCUT2D eigenvalue weighted by molar-refractivity contribution is 6.21. The number of hydrogen-bond donors (Lipinski definition) is 0. The number of benzene rings is 1. The molecule has 0 spiro atoms. The molecular formula is C17H23ClO. The van der Waals surface area contributed by atoms with Crippen molar-refractivity contribution < 1.29 is 4.74 Å². The minimum absolute atomic E-state index is 0.215. The van der Waals surface area contributed by atoms with E-state index in [-0.39, 0.29) is 5.38 Å². The maximum Gasteiger partial charge on any atom is 0.0616 e. The van der Waals surface area contributed by atoms with Gasteiger partial charge in [-0.15, -0.1) is 11.6 Å². The Hall–Kier alpha value is -0.530. The van der Waals surface area contributed by atoms with Crippen molar-refractivity contribution >= 4 is 11.6 Å². The van der Waals surface area contributed by atoms with Gasteiger partial charge in [0, 0.05) is 7.11 Å². The van der Waals surface area contributed by atoms with Crippen LogP contribution in [-0.4, -0.2) is 13.7 Å². The molecule has 1 aromatic carbocycles. The van der Waals surface area contributed by atoms with Gasteiger partial charge >= 0.3 is 0 Å². The fourth-order valence-corrected chi connectivity index (χ4v) is 4.44. The zero-order valence-electron chi connectivity index (χ0n) is 11.6. The monoisotopic (exact) mass is 278 g/mol. The molecule has 2 bridgehead atoms. The molecule has 0 aromatic heterocycles. The SMILES string of the molecule is COCCc1ccc(C(Cl)C2CC3CCC2C3)cc1. The van der Waals surface area contributed by atoms with Gasteiger partial charge in [-0.2, -0.15) is 0 Å². The van der Waals surface area contributed by atoms with E-state index in [4.69, 9.17) is 16.3 Å². The number of halogens is 1. The predicted octanol–water partition coefficient (Wildman–Crippen LogP) is 4.59. The summed E-state index contributed by atoms with van der Waals surface area (Å²) in [5.41, 5.74) is 2.64. The van der Waals surface area contributed by atoms with Crippen LogP contribution in [0.15, 0.2) is 24.3 Å². The summed E-state index contributed by atoms with van der Waals surface area (Å²) in [6.07, 6.45) is 6.62. The second-order valence-corrected chi connectivity index (χ2v) is 6.70. The molecule has 0 saturated heterocycles. The second kappa shape index (κ2) is 5.85. The van der Waals surface area contributed by atoms with Crippen LogP contribution < -0.4 is 0 Å². The van der Waals surface area contributed by atoms with E-state index in [0.717, 1.165) is 24.9 Å². The summed E-state index contributed by atoms with van der Waals surface area (Å²) in [6, 6.07) is 8.84. The lowest BCUT2D eigenvalue weighted by atomic mass is 9.83. The first-order chi connectivity index (χ1) is 9.28. The van der Waals surface area contributed by atoms with Gasteiger partial charge in [-0.1, -0.05) is 30.7 Å². The van der Waals surface area contributed by atoms with Gasteiger partial charge in [0.2, 0.25) is 0 Å². The largest absolute Gasteiger partial charge is 0.384 e. The Bertz CT molecular complexity index is 414. The van der Waals surface area contributed by atoms with Gasteiger partial charge in [0.25, 0.3) is 0 Å². The number of alkyl halides is 1. The Labute approximate surface area is 121 Å². The molecule has 1 aromatic rings. The molecule has 0 amide bonds. The second-order valence-electron chi connectivity index (χ2n) is 6.22. The van der Waals surface area contributed by atoms with Crippen LogP contribution in [0.2, 0.25) is 0 Å². The van der Waals surface area contributed by atoms with Crippen LogP contribution in [0.1, 0.15) is 42.2 Å². The molecular weight excluding hydrogens is 256 g/mol. The minimum Gasteiger partial charge on any atom is -0.384 e. The van der Waals surface area contributed by atoms with Crippen molar-refractivity contribution in [2.45, 2.75) is 37.5 Å². The van der Waals surface area contributed by atoms with Crippen molar-refractivity contribution in [1.82, 2.24) is 0 Å². The topological polar surface area (TPSA) is 9.23 Å². The molecule has 3 rings (SSSR count). The van der Waals surface area contributed by atoms with E-state index >= 15 is 0 Å². The van der Waals surface area contributed by atoms with E-state index < -0.39 is 0 Å². The zero-order valence-corrected chi connectivity index (χ0v) is 12.4. The number of fused-ring (bicyclic) bond motifs is 2. The van der Waals surface area contributed by atoms with Crippen LogP contribution in [0.3, 0.4) is 0 Å². The van der Waals surface area contributed by atoms with Crippen molar-refractivity contribution in [2.75, 3.05) is 13.7 Å². The molecule has 19 heavy (non-hydrogen) atoms. The summed E-state index contributed by atoms with van der Waals surface area (Å²) in [5.74, 6) is 2.57. The average Bonchev–Trinajstić information content (AvgIpc) is 3.07. The van der Waals surface area contributed by atoms with Gasteiger partial charge < -0.3 is 4.74 Å². The first-order valence-corrected chi connectivity index (χ1v) is 7.93. The van der Waals surface area contributed by atoms with E-state index in [0.29, 0.717) is 5.92 Å². The lowest BCUT2D eigenvalue weighted by molar-refractivity contribution is 0.202. The lowest BCUT2D eigenvalue weighted by Gasteiger charge is -2.26. The maximum absolute atomic E-state index is 6.74. The number of hydrogen-bond acceptors (Lipinski definition) is 1. The van der Waals surface area contributed by atoms with E-state index in [2.05, 4.69) is 24.3 Å². The van der Waals surface area contributed by atoms with Gasteiger partial charge in [0.05, 0.1) is 12.0 Å². The highest BCUT2D eigenvalue weighted by atomic mass is 35.5. The highest BCUT2D eigenvalue weighted by Gasteiger charge is 2.42. The van der Waals surface area contributed by atoms with Crippen LogP contribution in [0.5, 0.6) is 0 Å². The summed E-state index contributed by atoms with van der Waals surface area (Å²) < 4.78 is 5.11. The van der Waals surface area contributed by atoms with Gasteiger partial charge in [-0.3, -0.25) is 0 Å². The number of methoxy groups -OCH3 is 1. The molecule has 4 unspecified atom stereocenters. The predicted molar refractivity (Wildman–Crippen MR) is 79.6 cm³/mol. The molecule has 4 atom stereocenters. The molecule has 0 N–H and O–H groups in total. The highest BCUT2D eigenvalue weighted by Crippen LogP contribution is 2.54. The summed E-state index contributed by atoms with van der Waals surface area (Å²) in [7, 11) is 1.75. The molecule has 2 saturated carbocycles. The Balaban J connectivity index is 1.65. The van der Waals surface area contributed by atoms with Crippen LogP contribution in [0, 0.1) is 17.8 Å². The first kappa shape index (κ1) is 13.5. The van der Waals surface area contributed by atoms with Crippen molar-refractivity contribution in [3.63, 3.8) is 0 Å². The van der Waals surface area contributed by atoms with Crippen LogP contribution >= 0.6 is 11.6 Å².